The Bertz CT molecular complexity index is 3720. The van der Waals surface area contributed by atoms with Crippen LogP contribution in [0.2, 0.25) is 0 Å². The van der Waals surface area contributed by atoms with E-state index < -0.39 is 0 Å². The fraction of sp³-hybridized carbons (Fsp3) is 0.0339. The molecule has 0 spiro atoms. The largest absolute Gasteiger partial charge is 0.309 e. The predicted molar refractivity (Wildman–Crippen MR) is 258 cm³/mol. The quantitative estimate of drug-likeness (QED) is 0.129. The van der Waals surface area contributed by atoms with Crippen LogP contribution in [0.5, 0.6) is 0 Å². The van der Waals surface area contributed by atoms with E-state index in [0.717, 1.165) is 22.6 Å². The molecule has 2 aromatic heterocycles. The Morgan fingerprint density at radius 3 is 1.69 bits per heavy atom. The number of aromatic nitrogens is 2. The van der Waals surface area contributed by atoms with E-state index in [4.69, 9.17) is 4.98 Å². The molecule has 0 amide bonds. The van der Waals surface area contributed by atoms with Gasteiger partial charge in [0.25, 0.3) is 0 Å². The molecule has 1 atom stereocenters. The van der Waals surface area contributed by atoms with Crippen LogP contribution in [0.3, 0.4) is 0 Å². The van der Waals surface area contributed by atoms with E-state index in [1.807, 2.05) is 0 Å². The van der Waals surface area contributed by atoms with Gasteiger partial charge in [-0.05, 0) is 131 Å². The maximum atomic E-state index is 5.61. The summed E-state index contributed by atoms with van der Waals surface area (Å²) in [5.74, 6) is 0.284. The van der Waals surface area contributed by atoms with E-state index in [1.165, 1.54) is 104 Å². The van der Waals surface area contributed by atoms with Crippen LogP contribution >= 0.6 is 0 Å². The number of nitrogens with zero attached hydrogens (tertiary/aromatic N) is 2. The van der Waals surface area contributed by atoms with E-state index in [2.05, 4.69) is 218 Å². The van der Waals surface area contributed by atoms with Crippen LogP contribution < -0.4 is 0 Å². The molecule has 0 fully saturated rings. The zero-order valence-electron chi connectivity index (χ0n) is 33.6. The standard InChI is InChI=1S/C59H38N2/c1-36-40-16-4-5-18-42(40)50-35-52-53(34-49(36)50)59(55-26-14-25-54(60-55)51-33-38-15-2-3-17-41(38)43-19-6-7-20-44(43)51)48-24-9-8-23-47(48)58(52)37-29-31-39(32-30-37)61-56-27-12-10-21-45(56)46-22-11-13-28-57(46)61/h2-36H,1H3. The molecule has 0 bridgehead atoms. The number of hydrogen-bond acceptors (Lipinski definition) is 1. The summed E-state index contributed by atoms with van der Waals surface area (Å²) in [7, 11) is 0. The van der Waals surface area contributed by atoms with Gasteiger partial charge in [0.1, 0.15) is 0 Å². The fourth-order valence-corrected chi connectivity index (χ4v) is 10.7. The van der Waals surface area contributed by atoms with Crippen molar-refractivity contribution in [2.45, 2.75) is 12.8 Å². The van der Waals surface area contributed by atoms with Gasteiger partial charge in [-0.15, -0.1) is 0 Å². The van der Waals surface area contributed by atoms with Gasteiger partial charge in [0.2, 0.25) is 0 Å². The molecule has 0 saturated carbocycles. The minimum atomic E-state index is 0.284. The van der Waals surface area contributed by atoms with Crippen molar-refractivity contribution >= 4 is 64.9 Å². The van der Waals surface area contributed by atoms with Crippen LogP contribution in [0.1, 0.15) is 24.0 Å². The number of pyridine rings is 1. The van der Waals surface area contributed by atoms with Crippen LogP contribution in [0.4, 0.5) is 0 Å². The average molecular weight is 775 g/mol. The second-order valence-electron chi connectivity index (χ2n) is 16.6. The Balaban J connectivity index is 1.07. The van der Waals surface area contributed by atoms with Gasteiger partial charge >= 0.3 is 0 Å². The molecule has 0 radical (unpaired) electrons. The Kier molecular flexibility index (Phi) is 7.32. The normalized spacial score (nSPS) is 13.5. The lowest BCUT2D eigenvalue weighted by molar-refractivity contribution is 0.959. The van der Waals surface area contributed by atoms with Crippen LogP contribution in [0.15, 0.2) is 206 Å². The first-order chi connectivity index (χ1) is 30.2. The zero-order chi connectivity index (χ0) is 40.2. The Hall–Kier alpha value is -7.81. The molecule has 10 aromatic carbocycles. The topological polar surface area (TPSA) is 17.8 Å². The van der Waals surface area contributed by atoms with Crippen molar-refractivity contribution in [2.75, 3.05) is 0 Å². The molecule has 0 aliphatic heterocycles. The molecule has 2 heterocycles. The third-order valence-corrected chi connectivity index (χ3v) is 13.4. The third-order valence-electron chi connectivity index (χ3n) is 13.4. The van der Waals surface area contributed by atoms with Crippen LogP contribution in [0, 0.1) is 0 Å². The lowest BCUT2D eigenvalue weighted by Gasteiger charge is -2.20. The monoisotopic (exact) mass is 774 g/mol. The zero-order valence-corrected chi connectivity index (χ0v) is 33.6. The highest BCUT2D eigenvalue weighted by Gasteiger charge is 2.28. The smallest absolute Gasteiger partial charge is 0.0722 e. The van der Waals surface area contributed by atoms with E-state index >= 15 is 0 Å². The van der Waals surface area contributed by atoms with Gasteiger partial charge in [0.15, 0.2) is 0 Å². The van der Waals surface area contributed by atoms with Crippen LogP contribution in [-0.2, 0) is 0 Å². The molecular weight excluding hydrogens is 737 g/mol. The summed E-state index contributed by atoms with van der Waals surface area (Å²) in [6.45, 7) is 2.36. The van der Waals surface area contributed by atoms with Gasteiger partial charge in [0, 0.05) is 33.5 Å². The molecule has 2 nitrogen and oxygen atoms in total. The highest BCUT2D eigenvalue weighted by Crippen LogP contribution is 2.51. The fourth-order valence-electron chi connectivity index (χ4n) is 10.7. The van der Waals surface area contributed by atoms with Crippen molar-refractivity contribution in [3.63, 3.8) is 0 Å². The second-order valence-corrected chi connectivity index (χ2v) is 16.6. The van der Waals surface area contributed by atoms with Gasteiger partial charge in [0.05, 0.1) is 22.4 Å². The summed E-state index contributed by atoms with van der Waals surface area (Å²) in [6, 6.07) is 75.9. The van der Waals surface area contributed by atoms with E-state index in [0.29, 0.717) is 0 Å². The SMILES string of the molecule is CC1c2ccccc2-c2cc3c(-c4ccc(-n5c6ccccc6c6ccccc65)cc4)c4ccccc4c(-c4cccc(-c5cc6ccccc6c6ccccc56)n4)c3cc21. The summed E-state index contributed by atoms with van der Waals surface area (Å²) >= 11 is 0. The molecule has 12 aromatic rings. The van der Waals surface area contributed by atoms with Crippen molar-refractivity contribution in [1.82, 2.24) is 9.55 Å². The minimum absolute atomic E-state index is 0.284. The first kappa shape index (κ1) is 34.1. The Labute approximate surface area is 353 Å². The predicted octanol–water partition coefficient (Wildman–Crippen LogP) is 15.9. The summed E-state index contributed by atoms with van der Waals surface area (Å²) < 4.78 is 2.40. The van der Waals surface area contributed by atoms with Crippen molar-refractivity contribution in [3.05, 3.63) is 217 Å². The van der Waals surface area contributed by atoms with Crippen molar-refractivity contribution in [2.24, 2.45) is 0 Å². The lowest BCUT2D eigenvalue weighted by atomic mass is 9.84. The van der Waals surface area contributed by atoms with Crippen molar-refractivity contribution < 1.29 is 0 Å². The Morgan fingerprint density at radius 1 is 0.361 bits per heavy atom. The van der Waals surface area contributed by atoms with E-state index in [9.17, 15) is 0 Å². The first-order valence-corrected chi connectivity index (χ1v) is 21.3. The molecule has 61 heavy (non-hydrogen) atoms. The van der Waals surface area contributed by atoms with Gasteiger partial charge in [-0.3, -0.25) is 0 Å². The number of rotatable bonds is 4. The molecule has 0 N–H and O–H groups in total. The number of para-hydroxylation sites is 2. The third kappa shape index (κ3) is 5.00. The van der Waals surface area contributed by atoms with Gasteiger partial charge < -0.3 is 4.57 Å². The maximum Gasteiger partial charge on any atom is 0.0722 e. The minimum Gasteiger partial charge on any atom is -0.309 e. The summed E-state index contributed by atoms with van der Waals surface area (Å²) in [5, 5.41) is 12.4. The summed E-state index contributed by atoms with van der Waals surface area (Å²) in [5.41, 5.74) is 15.7. The number of hydrogen-bond donors (Lipinski definition) is 0. The maximum absolute atomic E-state index is 5.61. The summed E-state index contributed by atoms with van der Waals surface area (Å²) in [4.78, 5) is 5.61. The molecule has 13 rings (SSSR count). The second kappa shape index (κ2) is 13.1. The molecular formula is C59H38N2. The molecule has 1 unspecified atom stereocenters. The number of benzene rings is 10. The highest BCUT2D eigenvalue weighted by atomic mass is 15.0. The van der Waals surface area contributed by atoms with Gasteiger partial charge in [-0.1, -0.05) is 159 Å². The van der Waals surface area contributed by atoms with Crippen molar-refractivity contribution in [1.29, 1.82) is 0 Å². The Morgan fingerprint density at radius 2 is 0.934 bits per heavy atom. The molecule has 2 heteroatoms. The average Bonchev–Trinajstić information content (AvgIpc) is 3.81. The molecule has 284 valence electrons. The van der Waals surface area contributed by atoms with Gasteiger partial charge in [-0.2, -0.15) is 0 Å². The lowest BCUT2D eigenvalue weighted by Crippen LogP contribution is -1.97. The van der Waals surface area contributed by atoms with Crippen LogP contribution in [0.25, 0.3) is 115 Å². The van der Waals surface area contributed by atoms with E-state index in [-0.39, 0.29) is 5.92 Å². The van der Waals surface area contributed by atoms with E-state index in [1.54, 1.807) is 0 Å². The highest BCUT2D eigenvalue weighted by molar-refractivity contribution is 6.22. The number of fused-ring (bicyclic) bond motifs is 11. The molecule has 1 aliphatic rings. The van der Waals surface area contributed by atoms with Crippen LogP contribution in [-0.4, -0.2) is 9.55 Å². The van der Waals surface area contributed by atoms with Gasteiger partial charge in [-0.25, -0.2) is 4.98 Å². The van der Waals surface area contributed by atoms with Crippen molar-refractivity contribution in [3.8, 4) is 50.5 Å². The summed E-state index contributed by atoms with van der Waals surface area (Å²) in [6.07, 6.45) is 0. The first-order valence-electron chi connectivity index (χ1n) is 21.3. The molecule has 1 aliphatic carbocycles. The molecule has 0 saturated heterocycles.